The fraction of sp³-hybridized carbons (Fsp3) is 0.754. The first-order valence-electron chi connectivity index (χ1n) is 26.5. The van der Waals surface area contributed by atoms with Crippen molar-refractivity contribution in [2.45, 2.75) is 264 Å². The maximum absolute atomic E-state index is 12.3. The quantitative estimate of drug-likeness (QED) is 0.0375. The maximum atomic E-state index is 12.3. The Bertz CT molecular complexity index is 1110. The Balaban J connectivity index is 3.50. The molecule has 0 aliphatic rings. The first-order valence-corrected chi connectivity index (χ1v) is 26.5. The van der Waals surface area contributed by atoms with Crippen molar-refractivity contribution in [1.29, 1.82) is 0 Å². The van der Waals surface area contributed by atoms with Gasteiger partial charge in [-0.3, -0.25) is 9.59 Å². The minimum absolute atomic E-state index is 0.0690. The molecule has 0 fully saturated rings. The lowest BCUT2D eigenvalue weighted by molar-refractivity contribution is -0.161. The van der Waals surface area contributed by atoms with E-state index in [4.69, 9.17) is 9.47 Å². The predicted molar refractivity (Wildman–Crippen MR) is 270 cm³/mol. The molecule has 62 heavy (non-hydrogen) atoms. The molecule has 0 amide bonds. The van der Waals surface area contributed by atoms with E-state index in [1.165, 1.54) is 161 Å². The summed E-state index contributed by atoms with van der Waals surface area (Å²) < 4.78 is 10.7. The van der Waals surface area contributed by atoms with Gasteiger partial charge in [0.25, 0.3) is 0 Å². The van der Waals surface area contributed by atoms with Gasteiger partial charge in [-0.2, -0.15) is 0 Å². The van der Waals surface area contributed by atoms with Gasteiger partial charge in [0, 0.05) is 12.8 Å². The Morgan fingerprint density at radius 1 is 0.387 bits per heavy atom. The van der Waals surface area contributed by atoms with Gasteiger partial charge in [0.1, 0.15) is 6.61 Å². The lowest BCUT2D eigenvalue weighted by atomic mass is 10.0. The summed E-state index contributed by atoms with van der Waals surface area (Å²) in [5.74, 6) is -0.591. The number of hydrogen-bond acceptors (Lipinski definition) is 5. The minimum atomic E-state index is -0.777. The first kappa shape index (κ1) is 59.3. The number of carbonyl (C=O) groups excluding carboxylic acids is 2. The molecule has 1 atom stereocenters. The highest BCUT2D eigenvalue weighted by atomic mass is 16.6. The third kappa shape index (κ3) is 50.0. The van der Waals surface area contributed by atoms with Crippen molar-refractivity contribution in [2.75, 3.05) is 13.2 Å². The van der Waals surface area contributed by atoms with Crippen LogP contribution < -0.4 is 0 Å². The van der Waals surface area contributed by atoms with Gasteiger partial charge < -0.3 is 14.6 Å². The molecule has 0 rings (SSSR count). The Morgan fingerprint density at radius 2 is 0.694 bits per heavy atom. The number of carbonyl (C=O) groups is 2. The third-order valence-electron chi connectivity index (χ3n) is 11.5. The fourth-order valence-corrected chi connectivity index (χ4v) is 7.52. The number of esters is 2. The standard InChI is InChI=1S/C57H100O5/c1-3-5-7-9-11-13-15-17-19-21-23-25-26-27-28-29-30-32-34-36-38-40-42-44-46-48-50-52-57(60)62-55(53-58)54-61-56(59)51-49-47-45-43-41-39-37-35-33-31-24-22-20-18-16-14-12-10-8-6-4-2/h5,7,11,13,16-19,22-25,55,58H,3-4,6,8-10,12,14-15,20-21,26-54H2,1-2H3/b7-5-,13-11-,18-16-,19-17-,24-22-,25-23-. The molecule has 1 unspecified atom stereocenters. The Labute approximate surface area is 384 Å². The van der Waals surface area contributed by atoms with Gasteiger partial charge in [0.05, 0.1) is 6.61 Å². The van der Waals surface area contributed by atoms with Crippen LogP contribution in [0.4, 0.5) is 0 Å². The van der Waals surface area contributed by atoms with Crippen molar-refractivity contribution in [3.63, 3.8) is 0 Å². The molecule has 0 saturated heterocycles. The number of hydrogen-bond donors (Lipinski definition) is 1. The lowest BCUT2D eigenvalue weighted by Crippen LogP contribution is -2.28. The van der Waals surface area contributed by atoms with E-state index in [1.807, 2.05) is 0 Å². The molecule has 5 nitrogen and oxygen atoms in total. The number of aliphatic hydroxyl groups is 1. The average Bonchev–Trinajstić information content (AvgIpc) is 3.28. The summed E-state index contributed by atoms with van der Waals surface area (Å²) in [4.78, 5) is 24.5. The zero-order valence-corrected chi connectivity index (χ0v) is 40.9. The fourth-order valence-electron chi connectivity index (χ4n) is 7.52. The monoisotopic (exact) mass is 865 g/mol. The molecule has 0 saturated carbocycles. The van der Waals surface area contributed by atoms with Crippen LogP contribution in [0.1, 0.15) is 258 Å². The van der Waals surface area contributed by atoms with Crippen LogP contribution in [0.5, 0.6) is 0 Å². The van der Waals surface area contributed by atoms with Crippen LogP contribution in [0.15, 0.2) is 72.9 Å². The van der Waals surface area contributed by atoms with Crippen LogP contribution in [-0.4, -0.2) is 36.4 Å². The van der Waals surface area contributed by atoms with E-state index in [0.717, 1.165) is 70.6 Å². The molecular weight excluding hydrogens is 765 g/mol. The lowest BCUT2D eigenvalue weighted by Gasteiger charge is -2.15. The highest BCUT2D eigenvalue weighted by Gasteiger charge is 2.16. The van der Waals surface area contributed by atoms with Crippen LogP contribution in [0.25, 0.3) is 0 Å². The van der Waals surface area contributed by atoms with Crippen molar-refractivity contribution in [2.24, 2.45) is 0 Å². The molecule has 5 heteroatoms. The minimum Gasteiger partial charge on any atom is -0.462 e. The van der Waals surface area contributed by atoms with E-state index in [2.05, 4.69) is 86.8 Å². The molecule has 0 aromatic rings. The molecule has 0 radical (unpaired) electrons. The molecule has 0 bridgehead atoms. The normalized spacial score (nSPS) is 12.8. The van der Waals surface area contributed by atoms with Crippen molar-refractivity contribution in [3.05, 3.63) is 72.9 Å². The molecule has 358 valence electrons. The van der Waals surface area contributed by atoms with E-state index < -0.39 is 6.10 Å². The second kappa shape index (κ2) is 52.7. The summed E-state index contributed by atoms with van der Waals surface area (Å²) in [5, 5.41) is 9.64. The van der Waals surface area contributed by atoms with Gasteiger partial charge in [-0.1, -0.05) is 234 Å². The summed E-state index contributed by atoms with van der Waals surface area (Å²) in [6, 6.07) is 0. The van der Waals surface area contributed by atoms with Crippen molar-refractivity contribution >= 4 is 11.9 Å². The third-order valence-corrected chi connectivity index (χ3v) is 11.5. The molecule has 0 heterocycles. The highest BCUT2D eigenvalue weighted by Crippen LogP contribution is 2.16. The van der Waals surface area contributed by atoms with Gasteiger partial charge in [0.15, 0.2) is 6.10 Å². The van der Waals surface area contributed by atoms with E-state index in [9.17, 15) is 14.7 Å². The average molecular weight is 865 g/mol. The highest BCUT2D eigenvalue weighted by molar-refractivity contribution is 5.70. The maximum Gasteiger partial charge on any atom is 0.306 e. The zero-order chi connectivity index (χ0) is 44.9. The van der Waals surface area contributed by atoms with E-state index >= 15 is 0 Å². The van der Waals surface area contributed by atoms with Crippen molar-refractivity contribution < 1.29 is 24.2 Å². The number of unbranched alkanes of at least 4 members (excludes halogenated alkanes) is 28. The second-order valence-corrected chi connectivity index (χ2v) is 17.6. The first-order chi connectivity index (χ1) is 30.6. The Morgan fingerprint density at radius 3 is 1.05 bits per heavy atom. The van der Waals surface area contributed by atoms with E-state index in [-0.39, 0.29) is 25.2 Å². The topological polar surface area (TPSA) is 72.8 Å². The number of ether oxygens (including phenoxy) is 2. The molecule has 1 N–H and O–H groups in total. The molecular formula is C57H100O5. The van der Waals surface area contributed by atoms with Crippen LogP contribution in [-0.2, 0) is 19.1 Å². The van der Waals surface area contributed by atoms with Gasteiger partial charge in [-0.05, 0) is 83.5 Å². The summed E-state index contributed by atoms with van der Waals surface area (Å²) >= 11 is 0. The Kier molecular flexibility index (Phi) is 50.4. The molecule has 0 aliphatic carbocycles. The summed E-state index contributed by atoms with van der Waals surface area (Å²) in [6.45, 7) is 4.03. The predicted octanol–water partition coefficient (Wildman–Crippen LogP) is 17.6. The van der Waals surface area contributed by atoms with Crippen LogP contribution in [0.3, 0.4) is 0 Å². The van der Waals surface area contributed by atoms with Gasteiger partial charge in [-0.25, -0.2) is 0 Å². The van der Waals surface area contributed by atoms with Crippen molar-refractivity contribution in [3.8, 4) is 0 Å². The van der Waals surface area contributed by atoms with Gasteiger partial charge in [0.2, 0.25) is 0 Å². The summed E-state index contributed by atoms with van der Waals surface area (Å²) in [7, 11) is 0. The van der Waals surface area contributed by atoms with Crippen LogP contribution >= 0.6 is 0 Å². The summed E-state index contributed by atoms with van der Waals surface area (Å²) in [5.41, 5.74) is 0. The molecule has 0 aromatic carbocycles. The number of allylic oxidation sites excluding steroid dienone is 12. The van der Waals surface area contributed by atoms with E-state index in [0.29, 0.717) is 12.8 Å². The largest absolute Gasteiger partial charge is 0.462 e. The zero-order valence-electron chi connectivity index (χ0n) is 40.9. The number of rotatable bonds is 48. The van der Waals surface area contributed by atoms with Crippen LogP contribution in [0.2, 0.25) is 0 Å². The second-order valence-electron chi connectivity index (χ2n) is 17.6. The molecule has 0 spiro atoms. The van der Waals surface area contributed by atoms with Gasteiger partial charge in [-0.15, -0.1) is 0 Å². The molecule has 0 aromatic heterocycles. The van der Waals surface area contributed by atoms with E-state index in [1.54, 1.807) is 0 Å². The van der Waals surface area contributed by atoms with Gasteiger partial charge >= 0.3 is 11.9 Å². The Hall–Kier alpha value is -2.66. The number of aliphatic hydroxyl groups excluding tert-OH is 1. The summed E-state index contributed by atoms with van der Waals surface area (Å²) in [6.07, 6.45) is 71.4. The smallest absolute Gasteiger partial charge is 0.306 e. The van der Waals surface area contributed by atoms with Crippen molar-refractivity contribution in [1.82, 2.24) is 0 Å². The van der Waals surface area contributed by atoms with Crippen LogP contribution in [0, 0.1) is 0 Å². The SMILES string of the molecule is CC/C=C\C/C=C\C/C=C\C/C=C\CCCCCCCCCCCCCCCCC(=O)OC(CO)COC(=O)CCCCCCCCCCC/C=C\C/C=C\CCCCCCC. The molecule has 0 aliphatic heterocycles.